The smallest absolute Gasteiger partial charge is 0.302 e. The fraction of sp³-hybridized carbons (Fsp3) is 0.240. The van der Waals surface area contributed by atoms with E-state index in [1.165, 1.54) is 7.11 Å². The number of fused-ring (bicyclic) bond motifs is 1. The summed E-state index contributed by atoms with van der Waals surface area (Å²) in [5.41, 5.74) is 4.24. The number of nitrogens with zero attached hydrogens (tertiary/aromatic N) is 5. The van der Waals surface area contributed by atoms with Crippen LogP contribution in [-0.2, 0) is 11.3 Å². The summed E-state index contributed by atoms with van der Waals surface area (Å²) in [6.07, 6.45) is 3.37. The number of ether oxygens (including phenoxy) is 2. The predicted molar refractivity (Wildman–Crippen MR) is 121 cm³/mol. The van der Waals surface area contributed by atoms with E-state index in [-0.39, 0.29) is 5.82 Å². The zero-order valence-corrected chi connectivity index (χ0v) is 18.2. The number of imidazole rings is 1. The van der Waals surface area contributed by atoms with Crippen LogP contribution in [0.2, 0.25) is 0 Å². The van der Waals surface area contributed by atoms with Crippen molar-refractivity contribution in [2.75, 3.05) is 33.4 Å². The minimum Gasteiger partial charge on any atom is -0.468 e. The molecule has 0 saturated carbocycles. The van der Waals surface area contributed by atoms with Crippen LogP contribution in [0.4, 0.5) is 4.39 Å². The average molecular weight is 443 g/mol. The van der Waals surface area contributed by atoms with E-state index in [1.807, 2.05) is 6.07 Å². The van der Waals surface area contributed by atoms with Crippen molar-refractivity contribution in [1.82, 2.24) is 19.3 Å². The first-order valence-corrected chi connectivity index (χ1v) is 10.7. The summed E-state index contributed by atoms with van der Waals surface area (Å²) < 4.78 is 28.1. The van der Waals surface area contributed by atoms with E-state index in [0.717, 1.165) is 24.2 Å². The van der Waals surface area contributed by atoms with Crippen molar-refractivity contribution in [2.24, 2.45) is 0 Å². The number of aromatic nitrogens is 3. The third-order valence-corrected chi connectivity index (χ3v) is 5.80. The van der Waals surface area contributed by atoms with Gasteiger partial charge in [0.2, 0.25) is 0 Å². The van der Waals surface area contributed by atoms with Crippen molar-refractivity contribution in [3.05, 3.63) is 71.8 Å². The molecule has 1 fully saturated rings. The normalized spacial score (nSPS) is 14.3. The largest absolute Gasteiger partial charge is 0.468 e. The van der Waals surface area contributed by atoms with E-state index in [4.69, 9.17) is 14.7 Å². The van der Waals surface area contributed by atoms with E-state index in [1.54, 1.807) is 53.2 Å². The van der Waals surface area contributed by atoms with Gasteiger partial charge in [-0.15, -0.1) is 0 Å². The highest BCUT2D eigenvalue weighted by atomic mass is 19.1. The molecular weight excluding hydrogens is 421 g/mol. The second-order valence-corrected chi connectivity index (χ2v) is 7.83. The summed E-state index contributed by atoms with van der Waals surface area (Å²) in [5.74, 6) is -0.340. The van der Waals surface area contributed by atoms with Gasteiger partial charge < -0.3 is 9.47 Å². The third-order valence-electron chi connectivity index (χ3n) is 5.80. The van der Waals surface area contributed by atoms with Gasteiger partial charge in [-0.25, -0.2) is 9.37 Å². The molecule has 0 N–H and O–H groups in total. The van der Waals surface area contributed by atoms with Crippen molar-refractivity contribution in [2.45, 2.75) is 6.54 Å². The van der Waals surface area contributed by atoms with Gasteiger partial charge in [0, 0.05) is 43.2 Å². The highest BCUT2D eigenvalue weighted by molar-refractivity contribution is 5.90. The van der Waals surface area contributed by atoms with Crippen LogP contribution in [0, 0.1) is 17.1 Å². The van der Waals surface area contributed by atoms with Crippen molar-refractivity contribution in [3.63, 3.8) is 0 Å². The van der Waals surface area contributed by atoms with Crippen molar-refractivity contribution < 1.29 is 13.9 Å². The molecule has 2 aromatic carbocycles. The Kier molecular flexibility index (Phi) is 5.73. The van der Waals surface area contributed by atoms with Gasteiger partial charge in [-0.05, 0) is 23.8 Å². The highest BCUT2D eigenvalue weighted by Gasteiger charge is 2.22. The molecule has 7 nitrogen and oxygen atoms in total. The summed E-state index contributed by atoms with van der Waals surface area (Å²) >= 11 is 0. The lowest BCUT2D eigenvalue weighted by atomic mass is 9.97. The number of rotatable bonds is 5. The van der Waals surface area contributed by atoms with Crippen LogP contribution in [-0.4, -0.2) is 52.7 Å². The molecule has 0 amide bonds. The molecule has 5 rings (SSSR count). The van der Waals surface area contributed by atoms with Crippen LogP contribution in [0.5, 0.6) is 6.01 Å². The summed E-state index contributed by atoms with van der Waals surface area (Å²) in [6.45, 7) is 3.74. The minimum atomic E-state index is -0.340. The molecule has 1 aliphatic rings. The Bertz CT molecular complexity index is 1340. The van der Waals surface area contributed by atoms with Gasteiger partial charge in [0.05, 0.1) is 43.2 Å². The van der Waals surface area contributed by atoms with Crippen molar-refractivity contribution >= 4 is 5.65 Å². The van der Waals surface area contributed by atoms with Gasteiger partial charge in [-0.2, -0.15) is 10.2 Å². The van der Waals surface area contributed by atoms with E-state index >= 15 is 4.39 Å². The van der Waals surface area contributed by atoms with Crippen molar-refractivity contribution in [3.8, 4) is 34.5 Å². The number of halogens is 1. The number of nitriles is 1. The molecular formula is C25H22FN5O2. The lowest BCUT2D eigenvalue weighted by molar-refractivity contribution is 0.0341. The maximum absolute atomic E-state index is 15.5. The number of methoxy groups -OCH3 is 1. The van der Waals surface area contributed by atoms with Gasteiger partial charge in [-0.1, -0.05) is 24.3 Å². The van der Waals surface area contributed by atoms with Gasteiger partial charge in [-0.3, -0.25) is 9.30 Å². The van der Waals surface area contributed by atoms with Gasteiger partial charge >= 0.3 is 6.01 Å². The van der Waals surface area contributed by atoms with Crippen LogP contribution in [0.3, 0.4) is 0 Å². The monoisotopic (exact) mass is 443 g/mol. The highest BCUT2D eigenvalue weighted by Crippen LogP contribution is 2.37. The summed E-state index contributed by atoms with van der Waals surface area (Å²) in [6, 6.07) is 14.8. The number of benzene rings is 2. The molecule has 0 aliphatic carbocycles. The van der Waals surface area contributed by atoms with Gasteiger partial charge in [0.15, 0.2) is 5.65 Å². The zero-order chi connectivity index (χ0) is 22.8. The molecule has 0 radical (unpaired) electrons. The van der Waals surface area contributed by atoms with Crippen LogP contribution in [0.25, 0.3) is 28.0 Å². The minimum absolute atomic E-state index is 0.340. The number of hydrogen-bond donors (Lipinski definition) is 0. The maximum atomic E-state index is 15.5. The first kappa shape index (κ1) is 21.1. The maximum Gasteiger partial charge on any atom is 0.302 e. The third kappa shape index (κ3) is 4.04. The van der Waals surface area contributed by atoms with E-state index < -0.39 is 0 Å². The van der Waals surface area contributed by atoms with E-state index in [0.29, 0.717) is 53.8 Å². The molecule has 2 aromatic heterocycles. The average Bonchev–Trinajstić information content (AvgIpc) is 3.34. The van der Waals surface area contributed by atoms with Crippen LogP contribution >= 0.6 is 0 Å². The Morgan fingerprint density at radius 3 is 2.64 bits per heavy atom. The fourth-order valence-corrected chi connectivity index (χ4v) is 4.13. The molecule has 0 spiro atoms. The summed E-state index contributed by atoms with van der Waals surface area (Å²) in [5, 5.41) is 9.15. The van der Waals surface area contributed by atoms with Gasteiger partial charge in [0.25, 0.3) is 0 Å². The van der Waals surface area contributed by atoms with Crippen LogP contribution in [0.15, 0.2) is 54.9 Å². The molecule has 1 saturated heterocycles. The van der Waals surface area contributed by atoms with E-state index in [9.17, 15) is 0 Å². The lowest BCUT2D eigenvalue weighted by Gasteiger charge is -2.26. The molecule has 3 heterocycles. The van der Waals surface area contributed by atoms with Gasteiger partial charge in [0.1, 0.15) is 5.82 Å². The second-order valence-electron chi connectivity index (χ2n) is 7.83. The molecule has 4 aromatic rings. The Balaban J connectivity index is 1.63. The molecule has 0 bridgehead atoms. The molecule has 1 aliphatic heterocycles. The first-order chi connectivity index (χ1) is 16.2. The van der Waals surface area contributed by atoms with Crippen LogP contribution < -0.4 is 4.74 Å². The lowest BCUT2D eigenvalue weighted by Crippen LogP contribution is -2.35. The predicted octanol–water partition coefficient (Wildman–Crippen LogP) is 3.91. The zero-order valence-electron chi connectivity index (χ0n) is 18.2. The molecule has 0 atom stereocenters. The Morgan fingerprint density at radius 2 is 1.94 bits per heavy atom. The SMILES string of the molecule is COc1nc(-c2ccc(C#N)cc2)c(-c2ccc(CN3CCOCC3)cc2F)c2nccn12. The van der Waals surface area contributed by atoms with E-state index in [2.05, 4.69) is 20.9 Å². The Labute approximate surface area is 190 Å². The Hall–Kier alpha value is -3.80. The first-order valence-electron chi connectivity index (χ1n) is 10.7. The molecule has 166 valence electrons. The number of hydrogen-bond acceptors (Lipinski definition) is 6. The molecule has 8 heteroatoms. The number of morpholine rings is 1. The molecule has 33 heavy (non-hydrogen) atoms. The standard InChI is InChI=1S/C25H22FN5O2/c1-32-25-29-23(19-5-2-17(15-27)3-6-19)22(24-28-8-9-31(24)25)20-7-4-18(14-21(20)26)16-30-10-12-33-13-11-30/h2-9,14H,10-13,16H2,1H3. The second kappa shape index (κ2) is 8.98. The summed E-state index contributed by atoms with van der Waals surface area (Å²) in [4.78, 5) is 11.4. The Morgan fingerprint density at radius 1 is 1.15 bits per heavy atom. The quantitative estimate of drug-likeness (QED) is 0.466. The molecule has 0 unspecified atom stereocenters. The summed E-state index contributed by atoms with van der Waals surface area (Å²) in [7, 11) is 1.53. The topological polar surface area (TPSA) is 75.7 Å². The van der Waals surface area contributed by atoms with Crippen LogP contribution in [0.1, 0.15) is 11.1 Å². The fourth-order valence-electron chi connectivity index (χ4n) is 4.13. The van der Waals surface area contributed by atoms with Crippen molar-refractivity contribution in [1.29, 1.82) is 5.26 Å².